The zero-order valence-corrected chi connectivity index (χ0v) is 14.0. The first kappa shape index (κ1) is 16.3. The molecule has 0 aromatic rings. The van der Waals surface area contributed by atoms with E-state index in [0.29, 0.717) is 17.6 Å². The third kappa shape index (κ3) is 4.19. The summed E-state index contributed by atoms with van der Waals surface area (Å²) in [4.78, 5) is 2.51. The van der Waals surface area contributed by atoms with E-state index in [1.54, 1.807) is 0 Å². The Morgan fingerprint density at radius 1 is 1.20 bits per heavy atom. The molecular formula is C17H34N2O. The molecule has 1 heterocycles. The molecule has 3 nitrogen and oxygen atoms in total. The quantitative estimate of drug-likeness (QED) is 0.811. The summed E-state index contributed by atoms with van der Waals surface area (Å²) in [6.07, 6.45) is 7.08. The predicted molar refractivity (Wildman–Crippen MR) is 85.1 cm³/mol. The average molecular weight is 282 g/mol. The van der Waals surface area contributed by atoms with E-state index >= 15 is 0 Å². The molecule has 2 rings (SSSR count). The molecule has 1 N–H and O–H groups in total. The Bertz CT molecular complexity index is 287. The van der Waals surface area contributed by atoms with Gasteiger partial charge in [0.15, 0.2) is 0 Å². The normalized spacial score (nSPS) is 33.8. The van der Waals surface area contributed by atoms with Gasteiger partial charge >= 0.3 is 0 Å². The van der Waals surface area contributed by atoms with Gasteiger partial charge in [0.25, 0.3) is 0 Å². The minimum Gasteiger partial charge on any atom is -0.377 e. The Hall–Kier alpha value is -0.120. The van der Waals surface area contributed by atoms with Crippen LogP contribution in [0.2, 0.25) is 0 Å². The molecule has 20 heavy (non-hydrogen) atoms. The highest BCUT2D eigenvalue weighted by Gasteiger charge is 2.38. The highest BCUT2D eigenvalue weighted by Crippen LogP contribution is 2.39. The lowest BCUT2D eigenvalue weighted by Gasteiger charge is -2.46. The second-order valence-corrected chi connectivity index (χ2v) is 7.53. The van der Waals surface area contributed by atoms with Crippen molar-refractivity contribution in [3.63, 3.8) is 0 Å². The molecule has 1 aliphatic heterocycles. The second kappa shape index (κ2) is 7.24. The van der Waals surface area contributed by atoms with Gasteiger partial charge in [-0.1, -0.05) is 27.2 Å². The molecule has 118 valence electrons. The van der Waals surface area contributed by atoms with Crippen LogP contribution in [0.25, 0.3) is 0 Å². The first-order chi connectivity index (χ1) is 9.53. The van der Waals surface area contributed by atoms with Crippen molar-refractivity contribution in [3.05, 3.63) is 0 Å². The number of rotatable bonds is 6. The minimum atomic E-state index is 0.434. The van der Waals surface area contributed by atoms with E-state index < -0.39 is 0 Å². The summed E-state index contributed by atoms with van der Waals surface area (Å²) < 4.78 is 5.77. The van der Waals surface area contributed by atoms with Crippen LogP contribution < -0.4 is 5.32 Å². The number of hydrogen-bond donors (Lipinski definition) is 1. The van der Waals surface area contributed by atoms with E-state index in [1.807, 2.05) is 0 Å². The molecule has 0 aromatic carbocycles. The van der Waals surface area contributed by atoms with Gasteiger partial charge in [-0.3, -0.25) is 0 Å². The van der Waals surface area contributed by atoms with Crippen molar-refractivity contribution in [2.45, 2.75) is 65.0 Å². The average Bonchev–Trinajstić information content (AvgIpc) is 2.86. The Labute approximate surface area is 125 Å². The molecule has 0 spiro atoms. The fourth-order valence-corrected chi connectivity index (χ4v) is 4.25. The van der Waals surface area contributed by atoms with Crippen LogP contribution >= 0.6 is 0 Å². The number of hydrogen-bond acceptors (Lipinski definition) is 3. The molecule has 3 atom stereocenters. The zero-order chi connectivity index (χ0) is 14.6. The maximum absolute atomic E-state index is 5.77. The smallest absolute Gasteiger partial charge is 0.0702 e. The van der Waals surface area contributed by atoms with Gasteiger partial charge in [0.1, 0.15) is 0 Å². The molecule has 0 bridgehead atoms. The van der Waals surface area contributed by atoms with Crippen molar-refractivity contribution in [2.75, 3.05) is 33.3 Å². The van der Waals surface area contributed by atoms with Crippen LogP contribution in [0.4, 0.5) is 0 Å². The molecule has 3 unspecified atom stereocenters. The lowest BCUT2D eigenvalue weighted by atomic mass is 9.67. The van der Waals surface area contributed by atoms with E-state index in [4.69, 9.17) is 4.74 Å². The number of likely N-dealkylation sites (N-methyl/N-ethyl adjacent to an activating group) is 1. The van der Waals surface area contributed by atoms with Crippen molar-refractivity contribution >= 4 is 0 Å². The molecule has 1 aliphatic carbocycles. The Morgan fingerprint density at radius 2 is 2.00 bits per heavy atom. The Balaban J connectivity index is 1.87. The largest absolute Gasteiger partial charge is 0.377 e. The monoisotopic (exact) mass is 282 g/mol. The maximum atomic E-state index is 5.77. The predicted octanol–water partition coefficient (Wildman–Crippen LogP) is 2.90. The Morgan fingerprint density at radius 3 is 2.65 bits per heavy atom. The SMILES string of the molecule is CCNC1C(CN(C)CC2CCCO2)CCCC1(C)C. The number of nitrogens with zero attached hydrogens (tertiary/aromatic N) is 1. The molecule has 1 saturated heterocycles. The molecule has 0 amide bonds. The van der Waals surface area contributed by atoms with Crippen LogP contribution in [0, 0.1) is 11.3 Å². The van der Waals surface area contributed by atoms with Gasteiger partial charge in [0, 0.05) is 25.7 Å². The summed E-state index contributed by atoms with van der Waals surface area (Å²) >= 11 is 0. The van der Waals surface area contributed by atoms with E-state index in [-0.39, 0.29) is 0 Å². The minimum absolute atomic E-state index is 0.434. The van der Waals surface area contributed by atoms with Crippen LogP contribution in [0.15, 0.2) is 0 Å². The molecule has 3 heteroatoms. The number of ether oxygens (including phenoxy) is 1. The van der Waals surface area contributed by atoms with Crippen molar-refractivity contribution < 1.29 is 4.74 Å². The highest BCUT2D eigenvalue weighted by atomic mass is 16.5. The van der Waals surface area contributed by atoms with E-state index in [2.05, 4.69) is 38.0 Å². The Kier molecular flexibility index (Phi) is 5.88. The summed E-state index contributed by atoms with van der Waals surface area (Å²) in [5, 5.41) is 3.77. The highest BCUT2D eigenvalue weighted by molar-refractivity contribution is 4.94. The standard InChI is InChI=1S/C17H34N2O/c1-5-18-16-14(8-6-10-17(16,2)3)12-19(4)13-15-9-7-11-20-15/h14-16,18H,5-13H2,1-4H3. The first-order valence-corrected chi connectivity index (χ1v) is 8.56. The summed E-state index contributed by atoms with van der Waals surface area (Å²) in [5.41, 5.74) is 0.434. The van der Waals surface area contributed by atoms with Crippen LogP contribution in [0.3, 0.4) is 0 Å². The lowest BCUT2D eigenvalue weighted by molar-refractivity contribution is 0.0529. The molecule has 0 radical (unpaired) electrons. The lowest BCUT2D eigenvalue weighted by Crippen LogP contribution is -2.52. The van der Waals surface area contributed by atoms with Crippen molar-refractivity contribution in [1.82, 2.24) is 10.2 Å². The second-order valence-electron chi connectivity index (χ2n) is 7.53. The summed E-state index contributed by atoms with van der Waals surface area (Å²) in [7, 11) is 2.27. The third-order valence-electron chi connectivity index (χ3n) is 5.22. The van der Waals surface area contributed by atoms with Gasteiger partial charge in [-0.15, -0.1) is 0 Å². The molecule has 2 aliphatic rings. The van der Waals surface area contributed by atoms with E-state index in [0.717, 1.165) is 25.6 Å². The van der Waals surface area contributed by atoms with Crippen LogP contribution in [-0.2, 0) is 4.74 Å². The third-order valence-corrected chi connectivity index (χ3v) is 5.22. The number of nitrogens with one attached hydrogen (secondary N) is 1. The van der Waals surface area contributed by atoms with Gasteiger partial charge in [-0.25, -0.2) is 0 Å². The summed E-state index contributed by atoms with van der Waals surface area (Å²) in [6.45, 7) is 11.5. The topological polar surface area (TPSA) is 24.5 Å². The summed E-state index contributed by atoms with van der Waals surface area (Å²) in [6, 6.07) is 0.660. The van der Waals surface area contributed by atoms with Gasteiger partial charge in [0.05, 0.1) is 6.10 Å². The van der Waals surface area contributed by atoms with Gasteiger partial charge in [-0.05, 0) is 50.6 Å². The van der Waals surface area contributed by atoms with E-state index in [9.17, 15) is 0 Å². The van der Waals surface area contributed by atoms with Gasteiger partial charge in [-0.2, -0.15) is 0 Å². The molecular weight excluding hydrogens is 248 g/mol. The van der Waals surface area contributed by atoms with Gasteiger partial charge < -0.3 is 15.0 Å². The van der Waals surface area contributed by atoms with E-state index in [1.165, 1.54) is 38.6 Å². The molecule has 1 saturated carbocycles. The summed E-state index contributed by atoms with van der Waals surface area (Å²) in [5.74, 6) is 0.783. The molecule has 2 fully saturated rings. The van der Waals surface area contributed by atoms with Crippen LogP contribution in [-0.4, -0.2) is 50.3 Å². The van der Waals surface area contributed by atoms with Crippen LogP contribution in [0.1, 0.15) is 52.9 Å². The van der Waals surface area contributed by atoms with Crippen molar-refractivity contribution in [2.24, 2.45) is 11.3 Å². The molecule has 0 aromatic heterocycles. The zero-order valence-electron chi connectivity index (χ0n) is 14.0. The first-order valence-electron chi connectivity index (χ1n) is 8.56. The van der Waals surface area contributed by atoms with Gasteiger partial charge in [0.2, 0.25) is 0 Å². The fraction of sp³-hybridized carbons (Fsp3) is 1.00. The maximum Gasteiger partial charge on any atom is 0.0702 e. The van der Waals surface area contributed by atoms with Crippen LogP contribution in [0.5, 0.6) is 0 Å². The fourth-order valence-electron chi connectivity index (χ4n) is 4.25. The van der Waals surface area contributed by atoms with Crippen molar-refractivity contribution in [3.8, 4) is 0 Å². The van der Waals surface area contributed by atoms with Crippen molar-refractivity contribution in [1.29, 1.82) is 0 Å².